The lowest BCUT2D eigenvalue weighted by molar-refractivity contribution is -0.183. The van der Waals surface area contributed by atoms with Gasteiger partial charge in [0.05, 0.1) is 17.4 Å². The molecule has 0 radical (unpaired) electrons. The van der Waals surface area contributed by atoms with Gasteiger partial charge >= 0.3 is 12.4 Å². The highest BCUT2D eigenvalue weighted by Crippen LogP contribution is 2.39. The molecular formula is C22H28F6N2O. The lowest BCUT2D eigenvalue weighted by Crippen LogP contribution is -2.40. The number of alkyl halides is 6. The highest BCUT2D eigenvalue weighted by molar-refractivity contribution is 6.00. The van der Waals surface area contributed by atoms with Crippen molar-refractivity contribution in [3.8, 4) is 0 Å². The number of nitrogens with one attached hydrogen (secondary N) is 2. The molecule has 2 aliphatic carbocycles. The Morgan fingerprint density at radius 1 is 0.806 bits per heavy atom. The second-order valence-corrected chi connectivity index (χ2v) is 8.85. The number of carbonyl (C=O) groups is 1. The first kappa shape index (κ1) is 23.7. The molecule has 174 valence electrons. The zero-order valence-electron chi connectivity index (χ0n) is 17.4. The van der Waals surface area contributed by atoms with Gasteiger partial charge in [-0.1, -0.05) is 11.6 Å². The summed E-state index contributed by atoms with van der Waals surface area (Å²) in [6.07, 6.45) is -7.02. The monoisotopic (exact) mass is 450 g/mol. The van der Waals surface area contributed by atoms with Crippen LogP contribution in [0.15, 0.2) is 18.2 Å². The number of rotatable bonds is 4. The van der Waals surface area contributed by atoms with Gasteiger partial charge in [-0.3, -0.25) is 4.79 Å². The number of benzene rings is 1. The summed E-state index contributed by atoms with van der Waals surface area (Å²) < 4.78 is 77.2. The number of anilines is 1. The van der Waals surface area contributed by atoms with Crippen molar-refractivity contribution >= 4 is 11.6 Å². The van der Waals surface area contributed by atoms with Crippen LogP contribution in [-0.4, -0.2) is 30.3 Å². The predicted molar refractivity (Wildman–Crippen MR) is 106 cm³/mol. The zero-order chi connectivity index (χ0) is 22.8. The van der Waals surface area contributed by atoms with Gasteiger partial charge < -0.3 is 10.6 Å². The Labute approximate surface area is 178 Å². The van der Waals surface area contributed by atoms with Crippen LogP contribution < -0.4 is 10.6 Å². The van der Waals surface area contributed by atoms with E-state index in [4.69, 9.17) is 0 Å². The second-order valence-electron chi connectivity index (χ2n) is 8.85. The third kappa shape index (κ3) is 6.29. The van der Waals surface area contributed by atoms with Crippen molar-refractivity contribution in [2.24, 2.45) is 11.8 Å². The normalized spacial score (nSPS) is 27.6. The average Bonchev–Trinajstić information content (AvgIpc) is 2.69. The number of aryl methyl sites for hydroxylation is 1. The minimum atomic E-state index is -4.20. The molecule has 2 N–H and O–H groups in total. The molecule has 1 amide bonds. The fraction of sp³-hybridized carbons (Fsp3) is 0.682. The van der Waals surface area contributed by atoms with Gasteiger partial charge in [-0.2, -0.15) is 26.3 Å². The summed E-state index contributed by atoms with van der Waals surface area (Å²) in [5, 5.41) is 6.06. The van der Waals surface area contributed by atoms with Gasteiger partial charge in [-0.25, -0.2) is 0 Å². The van der Waals surface area contributed by atoms with Crippen molar-refractivity contribution in [1.29, 1.82) is 0 Å². The Balaban J connectivity index is 1.61. The van der Waals surface area contributed by atoms with Crippen molar-refractivity contribution in [2.75, 3.05) is 5.32 Å². The maximum Gasteiger partial charge on any atom is 0.391 e. The minimum Gasteiger partial charge on any atom is -0.382 e. The molecule has 0 aromatic heterocycles. The second kappa shape index (κ2) is 9.28. The Morgan fingerprint density at radius 2 is 1.29 bits per heavy atom. The summed E-state index contributed by atoms with van der Waals surface area (Å²) in [6.45, 7) is 1.82. The SMILES string of the molecule is Cc1ccc(NC2CCC(C(F)(F)F)CC2)c(C(=O)NC2CCC(C(F)(F)F)CC2)c1. The molecule has 1 aromatic rings. The van der Waals surface area contributed by atoms with Crippen molar-refractivity contribution < 1.29 is 31.1 Å². The van der Waals surface area contributed by atoms with Gasteiger partial charge in [-0.05, 0) is 70.4 Å². The summed E-state index contributed by atoms with van der Waals surface area (Å²) in [4.78, 5) is 12.9. The fourth-order valence-corrected chi connectivity index (χ4v) is 4.59. The van der Waals surface area contributed by atoms with Crippen LogP contribution in [0.2, 0.25) is 0 Å². The van der Waals surface area contributed by atoms with E-state index in [9.17, 15) is 31.1 Å². The quantitative estimate of drug-likeness (QED) is 0.523. The van der Waals surface area contributed by atoms with E-state index < -0.39 is 24.2 Å². The summed E-state index contributed by atoms with van der Waals surface area (Å²) in [5.41, 5.74) is 1.76. The van der Waals surface area contributed by atoms with E-state index in [0.29, 0.717) is 24.1 Å². The molecule has 2 saturated carbocycles. The molecular weight excluding hydrogens is 422 g/mol. The zero-order valence-corrected chi connectivity index (χ0v) is 17.4. The van der Waals surface area contributed by atoms with E-state index in [1.54, 1.807) is 12.1 Å². The Morgan fingerprint density at radius 3 is 1.77 bits per heavy atom. The van der Waals surface area contributed by atoms with E-state index in [-0.39, 0.29) is 56.5 Å². The maximum absolute atomic E-state index is 12.9. The van der Waals surface area contributed by atoms with Gasteiger partial charge in [0.2, 0.25) is 0 Å². The largest absolute Gasteiger partial charge is 0.391 e. The van der Waals surface area contributed by atoms with Crippen molar-refractivity contribution in [3.05, 3.63) is 29.3 Å². The van der Waals surface area contributed by atoms with E-state index in [2.05, 4.69) is 10.6 Å². The first-order valence-electron chi connectivity index (χ1n) is 10.7. The standard InChI is InChI=1S/C22H28F6N2O/c1-13-2-11-19(29-16-7-3-14(4-8-16)21(23,24)25)18(12-13)20(31)30-17-9-5-15(6-10-17)22(26,27)28/h2,11-12,14-17,29H,3-10H2,1H3,(H,30,31). The van der Waals surface area contributed by atoms with Crippen LogP contribution in [0.1, 0.15) is 67.3 Å². The van der Waals surface area contributed by atoms with Gasteiger partial charge in [0, 0.05) is 17.8 Å². The fourth-order valence-electron chi connectivity index (χ4n) is 4.59. The van der Waals surface area contributed by atoms with E-state index >= 15 is 0 Å². The molecule has 0 atom stereocenters. The first-order valence-corrected chi connectivity index (χ1v) is 10.7. The van der Waals surface area contributed by atoms with Crippen LogP contribution in [0.3, 0.4) is 0 Å². The summed E-state index contributed by atoms with van der Waals surface area (Å²) in [6, 6.07) is 4.77. The molecule has 0 spiro atoms. The molecule has 3 rings (SSSR count). The number of hydrogen-bond acceptors (Lipinski definition) is 2. The third-order valence-electron chi connectivity index (χ3n) is 6.49. The molecule has 2 fully saturated rings. The van der Waals surface area contributed by atoms with Crippen LogP contribution in [0.4, 0.5) is 32.0 Å². The third-order valence-corrected chi connectivity index (χ3v) is 6.49. The minimum absolute atomic E-state index is 0.00415. The lowest BCUT2D eigenvalue weighted by Gasteiger charge is -2.32. The Bertz CT molecular complexity index is 760. The molecule has 0 unspecified atom stereocenters. The molecule has 1 aromatic carbocycles. The molecule has 0 aliphatic heterocycles. The highest BCUT2D eigenvalue weighted by Gasteiger charge is 2.42. The Kier molecular flexibility index (Phi) is 7.11. The first-order chi connectivity index (χ1) is 14.4. The summed E-state index contributed by atoms with van der Waals surface area (Å²) >= 11 is 0. The Hall–Kier alpha value is -1.93. The van der Waals surface area contributed by atoms with Crippen LogP contribution in [0.25, 0.3) is 0 Å². The molecule has 31 heavy (non-hydrogen) atoms. The number of amides is 1. The van der Waals surface area contributed by atoms with Gasteiger partial charge in [-0.15, -0.1) is 0 Å². The molecule has 9 heteroatoms. The lowest BCUT2D eigenvalue weighted by atomic mass is 9.85. The van der Waals surface area contributed by atoms with Crippen molar-refractivity contribution in [2.45, 2.75) is 82.7 Å². The maximum atomic E-state index is 12.9. The number of hydrogen-bond donors (Lipinski definition) is 2. The summed E-state index contributed by atoms with van der Waals surface area (Å²) in [7, 11) is 0. The van der Waals surface area contributed by atoms with Crippen LogP contribution in [0, 0.1) is 18.8 Å². The molecule has 0 heterocycles. The predicted octanol–water partition coefficient (Wildman–Crippen LogP) is 6.38. The van der Waals surface area contributed by atoms with Crippen molar-refractivity contribution in [3.63, 3.8) is 0 Å². The molecule has 0 bridgehead atoms. The molecule has 3 nitrogen and oxygen atoms in total. The summed E-state index contributed by atoms with van der Waals surface area (Å²) in [5.74, 6) is -2.97. The van der Waals surface area contributed by atoms with Crippen LogP contribution in [-0.2, 0) is 0 Å². The topological polar surface area (TPSA) is 41.1 Å². The molecule has 2 aliphatic rings. The van der Waals surface area contributed by atoms with E-state index in [1.165, 1.54) is 0 Å². The van der Waals surface area contributed by atoms with E-state index in [0.717, 1.165) is 5.56 Å². The molecule has 0 saturated heterocycles. The average molecular weight is 450 g/mol. The van der Waals surface area contributed by atoms with Crippen LogP contribution in [0.5, 0.6) is 0 Å². The number of halogens is 6. The van der Waals surface area contributed by atoms with Gasteiger partial charge in [0.1, 0.15) is 0 Å². The van der Waals surface area contributed by atoms with E-state index in [1.807, 2.05) is 13.0 Å². The smallest absolute Gasteiger partial charge is 0.382 e. The highest BCUT2D eigenvalue weighted by atomic mass is 19.4. The van der Waals surface area contributed by atoms with Gasteiger partial charge in [0.15, 0.2) is 0 Å². The van der Waals surface area contributed by atoms with Crippen molar-refractivity contribution in [1.82, 2.24) is 5.32 Å². The van der Waals surface area contributed by atoms with Gasteiger partial charge in [0.25, 0.3) is 5.91 Å². The number of carbonyl (C=O) groups excluding carboxylic acids is 1. The van der Waals surface area contributed by atoms with Crippen LogP contribution >= 0.6 is 0 Å².